The van der Waals surface area contributed by atoms with E-state index in [1.165, 1.54) is 0 Å². The molecule has 1 aliphatic rings. The maximum absolute atomic E-state index is 10.3. The standard InChI is InChI=1S/C8H14N2O5/c9-7(11)13-3-5-1-2-6(15-5)4-14-8(10)12/h5-6H,1-4H2,(H2,9,11)(H2,10,12). The van der Waals surface area contributed by atoms with Gasteiger partial charge in [0.05, 0.1) is 12.2 Å². The van der Waals surface area contributed by atoms with E-state index in [0.717, 1.165) is 12.8 Å². The Balaban J connectivity index is 2.15. The average molecular weight is 218 g/mol. The maximum atomic E-state index is 10.3. The number of carbonyl (C=O) groups is 2. The van der Waals surface area contributed by atoms with Crippen molar-refractivity contribution in [3.63, 3.8) is 0 Å². The van der Waals surface area contributed by atoms with Gasteiger partial charge in [0.15, 0.2) is 0 Å². The monoisotopic (exact) mass is 218 g/mol. The third-order valence-electron chi connectivity index (χ3n) is 2.02. The Morgan fingerprint density at radius 2 is 1.47 bits per heavy atom. The molecule has 7 heteroatoms. The molecule has 2 atom stereocenters. The first kappa shape index (κ1) is 11.6. The molecule has 0 aliphatic carbocycles. The quantitative estimate of drug-likeness (QED) is 0.673. The van der Waals surface area contributed by atoms with Crippen molar-refractivity contribution in [3.8, 4) is 0 Å². The highest BCUT2D eigenvalue weighted by Crippen LogP contribution is 2.20. The van der Waals surface area contributed by atoms with Gasteiger partial charge in [-0.05, 0) is 12.8 Å². The summed E-state index contributed by atoms with van der Waals surface area (Å²) >= 11 is 0. The normalized spacial score (nSPS) is 24.8. The summed E-state index contributed by atoms with van der Waals surface area (Å²) < 4.78 is 14.6. The molecule has 0 radical (unpaired) electrons. The fourth-order valence-electron chi connectivity index (χ4n) is 1.38. The van der Waals surface area contributed by atoms with E-state index in [1.54, 1.807) is 0 Å². The van der Waals surface area contributed by atoms with Crippen LogP contribution in [-0.2, 0) is 14.2 Å². The molecule has 0 aromatic heterocycles. The largest absolute Gasteiger partial charge is 0.447 e. The molecule has 2 unspecified atom stereocenters. The zero-order valence-electron chi connectivity index (χ0n) is 8.18. The van der Waals surface area contributed by atoms with Crippen LogP contribution in [0.2, 0.25) is 0 Å². The van der Waals surface area contributed by atoms with E-state index in [1.807, 2.05) is 0 Å². The molecular formula is C8H14N2O5. The van der Waals surface area contributed by atoms with E-state index in [-0.39, 0.29) is 25.4 Å². The SMILES string of the molecule is NC(=O)OCC1CCC(COC(N)=O)O1. The molecule has 7 nitrogen and oxygen atoms in total. The molecule has 0 bridgehead atoms. The molecule has 1 rings (SSSR count). The third kappa shape index (κ3) is 4.50. The highest BCUT2D eigenvalue weighted by Gasteiger charge is 2.26. The molecule has 0 aromatic rings. The zero-order valence-corrected chi connectivity index (χ0v) is 8.18. The Bertz CT molecular complexity index is 221. The topological polar surface area (TPSA) is 114 Å². The van der Waals surface area contributed by atoms with Crippen molar-refractivity contribution in [1.29, 1.82) is 0 Å². The fraction of sp³-hybridized carbons (Fsp3) is 0.750. The van der Waals surface area contributed by atoms with Crippen LogP contribution in [0.3, 0.4) is 0 Å². The Morgan fingerprint density at radius 1 is 1.07 bits per heavy atom. The minimum Gasteiger partial charge on any atom is -0.447 e. The second-order valence-electron chi connectivity index (χ2n) is 3.22. The van der Waals surface area contributed by atoms with Crippen LogP contribution < -0.4 is 11.5 Å². The first-order valence-corrected chi connectivity index (χ1v) is 4.58. The summed E-state index contributed by atoms with van der Waals surface area (Å²) in [5, 5.41) is 0. The lowest BCUT2D eigenvalue weighted by molar-refractivity contribution is -0.0178. The van der Waals surface area contributed by atoms with Gasteiger partial charge in [-0.3, -0.25) is 0 Å². The van der Waals surface area contributed by atoms with Crippen LogP contribution in [-0.4, -0.2) is 37.6 Å². The summed E-state index contributed by atoms with van der Waals surface area (Å²) in [6.45, 7) is 0.255. The second-order valence-corrected chi connectivity index (χ2v) is 3.22. The van der Waals surface area contributed by atoms with Gasteiger partial charge in [0.2, 0.25) is 0 Å². The summed E-state index contributed by atoms with van der Waals surface area (Å²) in [7, 11) is 0. The molecule has 1 saturated heterocycles. The third-order valence-corrected chi connectivity index (χ3v) is 2.02. The van der Waals surface area contributed by atoms with Gasteiger partial charge in [-0.1, -0.05) is 0 Å². The van der Waals surface area contributed by atoms with Crippen LogP contribution in [0.15, 0.2) is 0 Å². The number of rotatable bonds is 4. The van der Waals surface area contributed by atoms with Gasteiger partial charge in [-0.25, -0.2) is 9.59 Å². The lowest BCUT2D eigenvalue weighted by atomic mass is 10.2. The summed E-state index contributed by atoms with van der Waals surface area (Å²) in [5.41, 5.74) is 9.60. The zero-order chi connectivity index (χ0) is 11.3. The lowest BCUT2D eigenvalue weighted by Gasteiger charge is -2.12. The Labute approximate surface area is 86.6 Å². The molecule has 1 fully saturated rings. The highest BCUT2D eigenvalue weighted by molar-refractivity contribution is 5.64. The fourth-order valence-corrected chi connectivity index (χ4v) is 1.38. The summed E-state index contributed by atoms with van der Waals surface area (Å²) in [6, 6.07) is 0. The van der Waals surface area contributed by atoms with E-state index in [0.29, 0.717) is 0 Å². The van der Waals surface area contributed by atoms with E-state index in [9.17, 15) is 9.59 Å². The number of carbonyl (C=O) groups excluding carboxylic acids is 2. The number of nitrogens with two attached hydrogens (primary N) is 2. The molecule has 15 heavy (non-hydrogen) atoms. The molecule has 0 aromatic carbocycles. The Morgan fingerprint density at radius 3 is 1.80 bits per heavy atom. The van der Waals surface area contributed by atoms with E-state index in [2.05, 4.69) is 9.47 Å². The molecular weight excluding hydrogens is 204 g/mol. The van der Waals surface area contributed by atoms with Gasteiger partial charge in [-0.15, -0.1) is 0 Å². The molecule has 4 N–H and O–H groups in total. The minimum atomic E-state index is -0.824. The molecule has 1 aliphatic heterocycles. The lowest BCUT2D eigenvalue weighted by Crippen LogP contribution is -2.25. The van der Waals surface area contributed by atoms with Crippen LogP contribution in [0.1, 0.15) is 12.8 Å². The first-order chi connectivity index (χ1) is 7.08. The van der Waals surface area contributed by atoms with E-state index in [4.69, 9.17) is 16.2 Å². The van der Waals surface area contributed by atoms with Gasteiger partial charge in [0.25, 0.3) is 0 Å². The molecule has 86 valence electrons. The minimum absolute atomic E-state index is 0.127. The van der Waals surface area contributed by atoms with Crippen LogP contribution >= 0.6 is 0 Å². The van der Waals surface area contributed by atoms with Crippen LogP contribution in [0.25, 0.3) is 0 Å². The van der Waals surface area contributed by atoms with Crippen molar-refractivity contribution in [2.45, 2.75) is 25.0 Å². The molecule has 1 heterocycles. The number of ether oxygens (including phenoxy) is 3. The van der Waals surface area contributed by atoms with Crippen molar-refractivity contribution >= 4 is 12.2 Å². The van der Waals surface area contributed by atoms with Crippen LogP contribution in [0.4, 0.5) is 9.59 Å². The van der Waals surface area contributed by atoms with Crippen molar-refractivity contribution in [2.75, 3.05) is 13.2 Å². The Kier molecular flexibility index (Phi) is 4.17. The van der Waals surface area contributed by atoms with Crippen molar-refractivity contribution in [1.82, 2.24) is 0 Å². The second kappa shape index (κ2) is 5.40. The Hall–Kier alpha value is -1.50. The van der Waals surface area contributed by atoms with E-state index < -0.39 is 12.2 Å². The highest BCUT2D eigenvalue weighted by atomic mass is 16.6. The summed E-state index contributed by atoms with van der Waals surface area (Å²) in [6.07, 6.45) is -0.538. The van der Waals surface area contributed by atoms with Crippen molar-refractivity contribution in [2.24, 2.45) is 11.5 Å². The van der Waals surface area contributed by atoms with E-state index >= 15 is 0 Å². The predicted octanol–water partition coefficient (Wildman–Crippen LogP) is -0.275. The molecule has 2 amide bonds. The molecule has 0 saturated carbocycles. The van der Waals surface area contributed by atoms with Crippen LogP contribution in [0, 0.1) is 0 Å². The van der Waals surface area contributed by atoms with Gasteiger partial charge in [0, 0.05) is 0 Å². The van der Waals surface area contributed by atoms with Gasteiger partial charge < -0.3 is 25.7 Å². The maximum Gasteiger partial charge on any atom is 0.404 e. The van der Waals surface area contributed by atoms with Crippen molar-refractivity contribution in [3.05, 3.63) is 0 Å². The summed E-state index contributed by atoms with van der Waals surface area (Å²) in [5.74, 6) is 0. The first-order valence-electron chi connectivity index (χ1n) is 4.58. The average Bonchev–Trinajstić information content (AvgIpc) is 2.59. The number of hydrogen-bond acceptors (Lipinski definition) is 5. The van der Waals surface area contributed by atoms with Crippen LogP contribution in [0.5, 0.6) is 0 Å². The number of hydrogen-bond donors (Lipinski definition) is 2. The van der Waals surface area contributed by atoms with Gasteiger partial charge in [0.1, 0.15) is 13.2 Å². The van der Waals surface area contributed by atoms with Crippen molar-refractivity contribution < 1.29 is 23.8 Å². The smallest absolute Gasteiger partial charge is 0.404 e. The van der Waals surface area contributed by atoms with Gasteiger partial charge in [-0.2, -0.15) is 0 Å². The molecule has 0 spiro atoms. The predicted molar refractivity (Wildman–Crippen MR) is 49.0 cm³/mol. The number of primary amides is 2. The number of amides is 2. The summed E-state index contributed by atoms with van der Waals surface area (Å²) in [4.78, 5) is 20.6. The van der Waals surface area contributed by atoms with Gasteiger partial charge >= 0.3 is 12.2 Å².